The zero-order chi connectivity index (χ0) is 13.2. The van der Waals surface area contributed by atoms with E-state index in [1.807, 2.05) is 30.3 Å². The maximum atomic E-state index is 10.8. The summed E-state index contributed by atoms with van der Waals surface area (Å²) in [5.41, 5.74) is 0.757. The first-order valence-electron chi connectivity index (χ1n) is 5.57. The molecule has 1 N–H and O–H groups in total. The molecule has 3 aromatic rings. The van der Waals surface area contributed by atoms with Crippen molar-refractivity contribution < 1.29 is 14.6 Å². The Kier molecular flexibility index (Phi) is 2.89. The van der Waals surface area contributed by atoms with Gasteiger partial charge in [0.2, 0.25) is 0 Å². The van der Waals surface area contributed by atoms with Gasteiger partial charge in [-0.15, -0.1) is 11.3 Å². The zero-order valence-corrected chi connectivity index (χ0v) is 10.6. The Morgan fingerprint density at radius 2 is 2.11 bits per heavy atom. The predicted molar refractivity (Wildman–Crippen MR) is 73.1 cm³/mol. The fourth-order valence-corrected chi connectivity index (χ4v) is 2.41. The van der Waals surface area contributed by atoms with Crippen molar-refractivity contribution in [2.24, 2.45) is 0 Å². The van der Waals surface area contributed by atoms with Crippen molar-refractivity contribution in [3.05, 3.63) is 52.9 Å². The van der Waals surface area contributed by atoms with Crippen molar-refractivity contribution in [1.82, 2.24) is 4.98 Å². The lowest BCUT2D eigenvalue weighted by Crippen LogP contribution is -1.90. The van der Waals surface area contributed by atoms with E-state index in [1.54, 1.807) is 11.6 Å². The lowest BCUT2D eigenvalue weighted by Gasteiger charge is -2.05. The van der Waals surface area contributed by atoms with E-state index in [-0.39, 0.29) is 4.88 Å². The van der Waals surface area contributed by atoms with Crippen LogP contribution < -0.4 is 4.74 Å². The number of carboxylic acid groups (broad SMARTS) is 1. The van der Waals surface area contributed by atoms with Gasteiger partial charge in [0.05, 0.1) is 0 Å². The van der Waals surface area contributed by atoms with Crippen LogP contribution in [0.25, 0.3) is 10.9 Å². The number of ether oxygens (including phenoxy) is 1. The molecule has 1 aromatic carbocycles. The molecule has 2 aromatic heterocycles. The van der Waals surface area contributed by atoms with Crippen LogP contribution in [0.15, 0.2) is 48.0 Å². The highest BCUT2D eigenvalue weighted by Crippen LogP contribution is 2.31. The Morgan fingerprint density at radius 3 is 2.89 bits per heavy atom. The van der Waals surface area contributed by atoms with E-state index < -0.39 is 5.97 Å². The number of para-hydroxylation sites is 1. The quantitative estimate of drug-likeness (QED) is 0.787. The molecule has 0 fully saturated rings. The minimum absolute atomic E-state index is 0.253. The maximum absolute atomic E-state index is 10.8. The first-order chi connectivity index (χ1) is 9.24. The first kappa shape index (κ1) is 11.7. The molecule has 0 aliphatic rings. The first-order valence-corrected chi connectivity index (χ1v) is 6.45. The van der Waals surface area contributed by atoms with Gasteiger partial charge in [0.15, 0.2) is 5.75 Å². The summed E-state index contributed by atoms with van der Waals surface area (Å²) < 4.78 is 5.71. The molecule has 0 aliphatic heterocycles. The summed E-state index contributed by atoms with van der Waals surface area (Å²) in [4.78, 5) is 15.4. The summed E-state index contributed by atoms with van der Waals surface area (Å²) in [7, 11) is 0. The molecule has 4 nitrogen and oxygen atoms in total. The zero-order valence-electron chi connectivity index (χ0n) is 9.74. The second kappa shape index (κ2) is 4.70. The summed E-state index contributed by atoms with van der Waals surface area (Å²) in [6, 6.07) is 11.0. The van der Waals surface area contributed by atoms with Crippen molar-refractivity contribution in [2.45, 2.75) is 0 Å². The third-order valence-corrected chi connectivity index (χ3v) is 3.51. The van der Waals surface area contributed by atoms with Crippen LogP contribution in [0.3, 0.4) is 0 Å². The van der Waals surface area contributed by atoms with Gasteiger partial charge in [-0.2, -0.15) is 0 Å². The molecule has 0 saturated carbocycles. The molecular weight excluding hydrogens is 262 g/mol. The molecule has 2 heterocycles. The molecule has 19 heavy (non-hydrogen) atoms. The Morgan fingerprint density at radius 1 is 1.26 bits per heavy atom. The number of carboxylic acids is 1. The molecule has 3 rings (SSSR count). The Bertz CT molecular complexity index is 746. The minimum Gasteiger partial charge on any atom is -0.477 e. The predicted octanol–water partition coefficient (Wildman–Crippen LogP) is 3.79. The second-order valence-corrected chi connectivity index (χ2v) is 4.80. The third-order valence-electron chi connectivity index (χ3n) is 2.61. The van der Waals surface area contributed by atoms with Gasteiger partial charge in [0.25, 0.3) is 0 Å². The third kappa shape index (κ3) is 2.28. The minimum atomic E-state index is -0.948. The lowest BCUT2D eigenvalue weighted by atomic mass is 10.2. The highest BCUT2D eigenvalue weighted by atomic mass is 32.1. The molecule has 94 valence electrons. The van der Waals surface area contributed by atoms with Gasteiger partial charge in [-0.1, -0.05) is 18.2 Å². The fraction of sp³-hybridized carbons (Fsp3) is 0. The largest absolute Gasteiger partial charge is 0.477 e. The standard InChI is InChI=1S/C14H9NO3S/c16-14(17)12-7-10(8-19-12)18-11-5-1-3-9-4-2-6-15-13(9)11/h1-8H,(H,16,17). The molecule has 0 spiro atoms. The van der Waals surface area contributed by atoms with Crippen LogP contribution in [0.4, 0.5) is 0 Å². The number of hydrogen-bond donors (Lipinski definition) is 1. The SMILES string of the molecule is O=C(O)c1cc(Oc2cccc3cccnc23)cs1. The van der Waals surface area contributed by atoms with Crippen LogP contribution in [-0.2, 0) is 0 Å². The molecule has 5 heteroatoms. The second-order valence-electron chi connectivity index (χ2n) is 3.89. The average Bonchev–Trinajstić information content (AvgIpc) is 2.88. The average molecular weight is 271 g/mol. The summed E-state index contributed by atoms with van der Waals surface area (Å²) in [6.45, 7) is 0. The molecule has 0 saturated heterocycles. The van der Waals surface area contributed by atoms with E-state index in [0.717, 1.165) is 22.2 Å². The lowest BCUT2D eigenvalue weighted by molar-refractivity contribution is 0.0702. The summed E-state index contributed by atoms with van der Waals surface area (Å²) in [5.74, 6) is 0.185. The molecule has 0 aliphatic carbocycles. The number of nitrogens with zero attached hydrogens (tertiary/aromatic N) is 1. The number of thiophene rings is 1. The van der Waals surface area contributed by atoms with E-state index in [0.29, 0.717) is 11.5 Å². The van der Waals surface area contributed by atoms with Crippen LogP contribution in [0, 0.1) is 0 Å². The summed E-state index contributed by atoms with van der Waals surface area (Å²) in [6.07, 6.45) is 1.70. The highest BCUT2D eigenvalue weighted by molar-refractivity contribution is 7.12. The molecule has 0 atom stereocenters. The number of fused-ring (bicyclic) bond motifs is 1. The molecule has 0 unspecified atom stereocenters. The normalized spacial score (nSPS) is 10.5. The van der Waals surface area contributed by atoms with Gasteiger partial charge in [-0.25, -0.2) is 4.79 Å². The molecule has 0 amide bonds. The number of aromatic nitrogens is 1. The molecule has 0 radical (unpaired) electrons. The van der Waals surface area contributed by atoms with Crippen molar-refractivity contribution in [1.29, 1.82) is 0 Å². The van der Waals surface area contributed by atoms with Gasteiger partial charge in [0, 0.05) is 23.0 Å². The molecular formula is C14H9NO3S. The van der Waals surface area contributed by atoms with Crippen molar-refractivity contribution >= 4 is 28.2 Å². The maximum Gasteiger partial charge on any atom is 0.346 e. The topological polar surface area (TPSA) is 59.4 Å². The number of hydrogen-bond acceptors (Lipinski definition) is 4. The molecule has 0 bridgehead atoms. The smallest absolute Gasteiger partial charge is 0.346 e. The number of benzene rings is 1. The Balaban J connectivity index is 1.98. The van der Waals surface area contributed by atoms with Gasteiger partial charge in [-0.05, 0) is 12.1 Å². The van der Waals surface area contributed by atoms with E-state index in [9.17, 15) is 4.79 Å². The van der Waals surface area contributed by atoms with Crippen molar-refractivity contribution in [3.8, 4) is 11.5 Å². The van der Waals surface area contributed by atoms with Crippen LogP contribution in [0.1, 0.15) is 9.67 Å². The number of aromatic carboxylic acids is 1. The number of carbonyl (C=O) groups is 1. The van der Waals surface area contributed by atoms with Crippen LogP contribution >= 0.6 is 11.3 Å². The van der Waals surface area contributed by atoms with Gasteiger partial charge in [0.1, 0.15) is 16.1 Å². The van der Waals surface area contributed by atoms with E-state index >= 15 is 0 Å². The van der Waals surface area contributed by atoms with Crippen LogP contribution in [0.5, 0.6) is 11.5 Å². The van der Waals surface area contributed by atoms with Gasteiger partial charge < -0.3 is 9.84 Å². The number of rotatable bonds is 3. The van der Waals surface area contributed by atoms with E-state index in [2.05, 4.69) is 4.98 Å². The van der Waals surface area contributed by atoms with E-state index in [1.165, 1.54) is 6.07 Å². The Hall–Kier alpha value is -2.40. The van der Waals surface area contributed by atoms with Crippen molar-refractivity contribution in [3.63, 3.8) is 0 Å². The van der Waals surface area contributed by atoms with Crippen LogP contribution in [-0.4, -0.2) is 16.1 Å². The summed E-state index contributed by atoms with van der Waals surface area (Å²) >= 11 is 1.14. The van der Waals surface area contributed by atoms with Crippen molar-refractivity contribution in [2.75, 3.05) is 0 Å². The van der Waals surface area contributed by atoms with Crippen LogP contribution in [0.2, 0.25) is 0 Å². The van der Waals surface area contributed by atoms with Gasteiger partial charge in [-0.3, -0.25) is 4.98 Å². The van der Waals surface area contributed by atoms with E-state index in [4.69, 9.17) is 9.84 Å². The summed E-state index contributed by atoms with van der Waals surface area (Å²) in [5, 5.41) is 11.5. The monoisotopic (exact) mass is 271 g/mol. The highest BCUT2D eigenvalue weighted by Gasteiger charge is 2.09. The van der Waals surface area contributed by atoms with Gasteiger partial charge >= 0.3 is 5.97 Å². The number of pyridine rings is 1. The Labute approximate surface area is 112 Å². The fourth-order valence-electron chi connectivity index (χ4n) is 1.77.